The molecule has 0 unspecified atom stereocenters. The van der Waals surface area contributed by atoms with Crippen LogP contribution >= 0.6 is 0 Å². The molecule has 7 nitrogen and oxygen atoms in total. The average Bonchev–Trinajstić information content (AvgIpc) is 3.20. The van der Waals surface area contributed by atoms with Gasteiger partial charge < -0.3 is 13.9 Å². The number of benzene rings is 2. The Labute approximate surface area is 155 Å². The molecule has 2 N–H and O–H groups in total. The predicted octanol–water partition coefficient (Wildman–Crippen LogP) is 2.70. The molecular formula is C20H18N2O5. The second-order valence-electron chi connectivity index (χ2n) is 5.47. The third kappa shape index (κ3) is 5.64. The van der Waals surface area contributed by atoms with Gasteiger partial charge in [0.1, 0.15) is 23.9 Å². The quantitative estimate of drug-likeness (QED) is 0.628. The van der Waals surface area contributed by atoms with Crippen molar-refractivity contribution in [3.05, 3.63) is 84.3 Å². The zero-order valence-electron chi connectivity index (χ0n) is 14.4. The van der Waals surface area contributed by atoms with Crippen LogP contribution in [0.4, 0.5) is 0 Å². The lowest BCUT2D eigenvalue weighted by atomic mass is 10.3. The van der Waals surface area contributed by atoms with E-state index >= 15 is 0 Å². The summed E-state index contributed by atoms with van der Waals surface area (Å²) in [5.74, 6) is 0.743. The van der Waals surface area contributed by atoms with Crippen molar-refractivity contribution in [2.24, 2.45) is 0 Å². The molecule has 1 heterocycles. The summed E-state index contributed by atoms with van der Waals surface area (Å²) in [5.41, 5.74) is 4.53. The highest BCUT2D eigenvalue weighted by molar-refractivity contribution is 5.93. The summed E-state index contributed by atoms with van der Waals surface area (Å²) in [6, 6.07) is 21.3. The molecule has 2 aromatic carbocycles. The topological polar surface area (TPSA) is 89.8 Å². The van der Waals surface area contributed by atoms with E-state index in [4.69, 9.17) is 13.9 Å². The molecule has 0 spiro atoms. The Morgan fingerprint density at radius 2 is 1.41 bits per heavy atom. The van der Waals surface area contributed by atoms with Crippen LogP contribution in [-0.2, 0) is 11.4 Å². The average molecular weight is 366 g/mol. The lowest BCUT2D eigenvalue weighted by Crippen LogP contribution is -2.43. The highest BCUT2D eigenvalue weighted by Gasteiger charge is 2.13. The second-order valence-corrected chi connectivity index (χ2v) is 5.47. The van der Waals surface area contributed by atoms with E-state index in [-0.39, 0.29) is 19.0 Å². The van der Waals surface area contributed by atoms with E-state index in [1.54, 1.807) is 30.3 Å². The number of rotatable bonds is 7. The van der Waals surface area contributed by atoms with Crippen LogP contribution in [0.15, 0.2) is 77.2 Å². The van der Waals surface area contributed by atoms with Crippen LogP contribution in [0.1, 0.15) is 16.3 Å². The summed E-state index contributed by atoms with van der Waals surface area (Å²) in [6.07, 6.45) is 0. The third-order valence-corrected chi connectivity index (χ3v) is 3.44. The smallest absolute Gasteiger partial charge is 0.305 e. The highest BCUT2D eigenvalue weighted by atomic mass is 16.5. The molecule has 7 heteroatoms. The van der Waals surface area contributed by atoms with E-state index < -0.39 is 11.8 Å². The summed E-state index contributed by atoms with van der Waals surface area (Å²) in [5, 5.41) is 0. The minimum absolute atomic E-state index is 0.0611. The number of amides is 2. The van der Waals surface area contributed by atoms with E-state index in [0.717, 1.165) is 0 Å². The fourth-order valence-corrected chi connectivity index (χ4v) is 2.14. The van der Waals surface area contributed by atoms with Gasteiger partial charge in [-0.3, -0.25) is 20.4 Å². The van der Waals surface area contributed by atoms with Crippen molar-refractivity contribution in [2.75, 3.05) is 6.61 Å². The number of carbonyl (C=O) groups excluding carboxylic acids is 2. The van der Waals surface area contributed by atoms with Gasteiger partial charge in [0.25, 0.3) is 5.91 Å². The van der Waals surface area contributed by atoms with Gasteiger partial charge in [-0.2, -0.15) is 0 Å². The minimum atomic E-state index is -0.575. The first-order chi connectivity index (χ1) is 13.2. The minimum Gasteiger partial charge on any atom is -0.486 e. The molecule has 3 aromatic rings. The van der Waals surface area contributed by atoms with Crippen molar-refractivity contribution in [2.45, 2.75) is 6.61 Å². The summed E-state index contributed by atoms with van der Waals surface area (Å²) in [6.45, 7) is -0.0345. The van der Waals surface area contributed by atoms with Crippen molar-refractivity contribution in [3.63, 3.8) is 0 Å². The number of nitrogens with one attached hydrogen (secondary N) is 2. The molecule has 27 heavy (non-hydrogen) atoms. The Morgan fingerprint density at radius 3 is 2.07 bits per heavy atom. The molecule has 0 saturated carbocycles. The van der Waals surface area contributed by atoms with Crippen molar-refractivity contribution in [1.29, 1.82) is 0 Å². The largest absolute Gasteiger partial charge is 0.486 e. The molecule has 1 aromatic heterocycles. The molecule has 0 aliphatic rings. The van der Waals surface area contributed by atoms with Crippen LogP contribution in [0, 0.1) is 0 Å². The van der Waals surface area contributed by atoms with Crippen molar-refractivity contribution in [1.82, 2.24) is 10.9 Å². The third-order valence-electron chi connectivity index (χ3n) is 3.44. The summed E-state index contributed by atoms with van der Waals surface area (Å²) in [7, 11) is 0. The van der Waals surface area contributed by atoms with Gasteiger partial charge >= 0.3 is 5.91 Å². The number of hydrogen-bond acceptors (Lipinski definition) is 5. The van der Waals surface area contributed by atoms with Gasteiger partial charge in [0.15, 0.2) is 12.4 Å². The fourth-order valence-electron chi connectivity index (χ4n) is 2.14. The first-order valence-electron chi connectivity index (χ1n) is 8.24. The number of carbonyl (C=O) groups is 2. The summed E-state index contributed by atoms with van der Waals surface area (Å²) < 4.78 is 16.2. The van der Waals surface area contributed by atoms with E-state index in [9.17, 15) is 9.59 Å². The molecule has 0 bridgehead atoms. The predicted molar refractivity (Wildman–Crippen MR) is 97.0 cm³/mol. The molecule has 138 valence electrons. The Bertz CT molecular complexity index is 878. The van der Waals surface area contributed by atoms with Crippen molar-refractivity contribution in [3.8, 4) is 11.5 Å². The fraction of sp³-hybridized carbons (Fsp3) is 0.100. The second kappa shape index (κ2) is 9.10. The molecule has 2 amide bonds. The van der Waals surface area contributed by atoms with E-state index in [1.807, 2.05) is 36.4 Å². The van der Waals surface area contributed by atoms with Gasteiger partial charge in [-0.25, -0.2) is 0 Å². The van der Waals surface area contributed by atoms with Gasteiger partial charge in [0.05, 0.1) is 0 Å². The zero-order chi connectivity index (χ0) is 18.9. The standard InChI is InChI=1S/C20H18N2O5/c23-19(14-26-16-9-5-2-6-10-16)21-22-20(24)18-12-11-17(27-18)13-25-15-7-3-1-4-8-15/h1-12H,13-14H2,(H,21,23)(H,22,24). The maximum absolute atomic E-state index is 12.0. The number of hydrazine groups is 1. The van der Waals surface area contributed by atoms with Crippen LogP contribution in [-0.4, -0.2) is 18.4 Å². The van der Waals surface area contributed by atoms with E-state index in [0.29, 0.717) is 17.3 Å². The van der Waals surface area contributed by atoms with Gasteiger partial charge in [0.2, 0.25) is 0 Å². The Balaban J connectivity index is 1.41. The van der Waals surface area contributed by atoms with Crippen LogP contribution in [0.25, 0.3) is 0 Å². The molecular weight excluding hydrogens is 348 g/mol. The van der Waals surface area contributed by atoms with Gasteiger partial charge in [-0.15, -0.1) is 0 Å². The molecule has 0 aliphatic carbocycles. The van der Waals surface area contributed by atoms with E-state index in [2.05, 4.69) is 10.9 Å². The molecule has 0 radical (unpaired) electrons. The number of para-hydroxylation sites is 2. The van der Waals surface area contributed by atoms with Gasteiger partial charge in [-0.05, 0) is 36.4 Å². The monoisotopic (exact) mass is 366 g/mol. The van der Waals surface area contributed by atoms with E-state index in [1.165, 1.54) is 6.07 Å². The van der Waals surface area contributed by atoms with Gasteiger partial charge in [0, 0.05) is 0 Å². The lowest BCUT2D eigenvalue weighted by Gasteiger charge is -2.07. The summed E-state index contributed by atoms with van der Waals surface area (Å²) in [4.78, 5) is 23.7. The molecule has 0 aliphatic heterocycles. The zero-order valence-corrected chi connectivity index (χ0v) is 14.4. The molecule has 0 atom stereocenters. The first-order valence-corrected chi connectivity index (χ1v) is 8.24. The lowest BCUT2D eigenvalue weighted by molar-refractivity contribution is -0.123. The molecule has 0 saturated heterocycles. The highest BCUT2D eigenvalue weighted by Crippen LogP contribution is 2.13. The molecule has 3 rings (SSSR count). The van der Waals surface area contributed by atoms with Crippen LogP contribution < -0.4 is 20.3 Å². The van der Waals surface area contributed by atoms with Crippen LogP contribution in [0.2, 0.25) is 0 Å². The summed E-state index contributed by atoms with van der Waals surface area (Å²) >= 11 is 0. The SMILES string of the molecule is O=C(COc1ccccc1)NNC(=O)c1ccc(COc2ccccc2)o1. The van der Waals surface area contributed by atoms with Crippen molar-refractivity contribution >= 4 is 11.8 Å². The Morgan fingerprint density at radius 1 is 0.778 bits per heavy atom. The molecule has 0 fully saturated rings. The number of furan rings is 1. The van der Waals surface area contributed by atoms with Crippen molar-refractivity contribution < 1.29 is 23.5 Å². The normalized spacial score (nSPS) is 10.1. The first kappa shape index (κ1) is 18.1. The van der Waals surface area contributed by atoms with Gasteiger partial charge in [-0.1, -0.05) is 36.4 Å². The maximum Gasteiger partial charge on any atom is 0.305 e. The Kier molecular flexibility index (Phi) is 6.08. The maximum atomic E-state index is 12.0. The number of ether oxygens (including phenoxy) is 2. The number of hydrogen-bond donors (Lipinski definition) is 2. The Hall–Kier alpha value is -3.74. The van der Waals surface area contributed by atoms with Crippen LogP contribution in [0.5, 0.6) is 11.5 Å². The van der Waals surface area contributed by atoms with Crippen LogP contribution in [0.3, 0.4) is 0 Å².